The van der Waals surface area contributed by atoms with Gasteiger partial charge in [-0.05, 0) is 43.9 Å². The normalized spacial score (nSPS) is 28.9. The summed E-state index contributed by atoms with van der Waals surface area (Å²) in [4.78, 5) is 2.63. The highest BCUT2D eigenvalue weighted by Gasteiger charge is 2.29. The molecule has 98 valence electrons. The topological polar surface area (TPSA) is 15.3 Å². The lowest BCUT2D eigenvalue weighted by Gasteiger charge is -2.41. The Kier molecular flexibility index (Phi) is 3.40. The Balaban J connectivity index is 1.65. The molecule has 2 aliphatic rings. The van der Waals surface area contributed by atoms with E-state index in [1.165, 1.54) is 50.9 Å². The van der Waals surface area contributed by atoms with Gasteiger partial charge in [-0.15, -0.1) is 0 Å². The standard InChI is InChI=1S/C16H24N2/c1-16(9-4-5-10-17-16)13-18-11-8-14-6-2-3-7-15(14)12-18/h2-3,6-7,17H,4-5,8-13H2,1H3. The molecule has 3 rings (SSSR count). The number of nitrogens with one attached hydrogen (secondary N) is 1. The van der Waals surface area contributed by atoms with Gasteiger partial charge in [-0.25, -0.2) is 0 Å². The SMILES string of the molecule is CC1(CN2CCc3ccccc3C2)CCCCN1. The fourth-order valence-electron chi connectivity index (χ4n) is 3.44. The summed E-state index contributed by atoms with van der Waals surface area (Å²) in [5.74, 6) is 0. The van der Waals surface area contributed by atoms with E-state index in [9.17, 15) is 0 Å². The first kappa shape index (κ1) is 12.2. The van der Waals surface area contributed by atoms with Crippen molar-refractivity contribution in [2.24, 2.45) is 0 Å². The molecule has 1 N–H and O–H groups in total. The van der Waals surface area contributed by atoms with Crippen LogP contribution in [-0.4, -0.2) is 30.1 Å². The molecule has 1 fully saturated rings. The highest BCUT2D eigenvalue weighted by atomic mass is 15.2. The predicted molar refractivity (Wildman–Crippen MR) is 75.7 cm³/mol. The van der Waals surface area contributed by atoms with Crippen LogP contribution in [0, 0.1) is 0 Å². The van der Waals surface area contributed by atoms with Gasteiger partial charge < -0.3 is 5.32 Å². The largest absolute Gasteiger partial charge is 0.310 e. The lowest BCUT2D eigenvalue weighted by Crippen LogP contribution is -2.54. The molecule has 2 nitrogen and oxygen atoms in total. The summed E-state index contributed by atoms with van der Waals surface area (Å²) in [6.45, 7) is 7.14. The van der Waals surface area contributed by atoms with Crippen LogP contribution in [0.1, 0.15) is 37.3 Å². The second kappa shape index (κ2) is 5.02. The number of rotatable bonds is 2. The molecule has 0 saturated carbocycles. The smallest absolute Gasteiger partial charge is 0.0280 e. The summed E-state index contributed by atoms with van der Waals surface area (Å²) in [5.41, 5.74) is 3.42. The van der Waals surface area contributed by atoms with Gasteiger partial charge in [0.1, 0.15) is 0 Å². The summed E-state index contributed by atoms with van der Waals surface area (Å²) in [6, 6.07) is 8.91. The van der Waals surface area contributed by atoms with Gasteiger partial charge >= 0.3 is 0 Å². The summed E-state index contributed by atoms with van der Waals surface area (Å²) in [7, 11) is 0. The van der Waals surface area contributed by atoms with Crippen molar-refractivity contribution >= 4 is 0 Å². The first-order valence-corrected chi connectivity index (χ1v) is 7.29. The lowest BCUT2D eigenvalue weighted by atomic mass is 9.89. The highest BCUT2D eigenvalue weighted by molar-refractivity contribution is 5.29. The van der Waals surface area contributed by atoms with Crippen molar-refractivity contribution in [3.8, 4) is 0 Å². The zero-order valence-electron chi connectivity index (χ0n) is 11.4. The fraction of sp³-hybridized carbons (Fsp3) is 0.625. The Morgan fingerprint density at radius 3 is 2.83 bits per heavy atom. The fourth-order valence-corrected chi connectivity index (χ4v) is 3.44. The Bertz CT molecular complexity index is 407. The summed E-state index contributed by atoms with van der Waals surface area (Å²) >= 11 is 0. The number of hydrogen-bond donors (Lipinski definition) is 1. The molecule has 1 saturated heterocycles. The van der Waals surface area contributed by atoms with Crippen molar-refractivity contribution in [1.82, 2.24) is 10.2 Å². The number of nitrogens with zero attached hydrogens (tertiary/aromatic N) is 1. The molecule has 1 aromatic carbocycles. The molecule has 0 radical (unpaired) electrons. The Morgan fingerprint density at radius 1 is 1.22 bits per heavy atom. The first-order chi connectivity index (χ1) is 8.75. The molecule has 2 heteroatoms. The average molecular weight is 244 g/mol. The van der Waals surface area contributed by atoms with E-state index < -0.39 is 0 Å². The first-order valence-electron chi connectivity index (χ1n) is 7.29. The number of benzene rings is 1. The van der Waals surface area contributed by atoms with Crippen molar-refractivity contribution in [2.45, 2.75) is 44.7 Å². The van der Waals surface area contributed by atoms with Crippen LogP contribution in [0.3, 0.4) is 0 Å². The number of fused-ring (bicyclic) bond motifs is 1. The van der Waals surface area contributed by atoms with E-state index in [1.807, 2.05) is 0 Å². The predicted octanol–water partition coefficient (Wildman–Crippen LogP) is 2.58. The van der Waals surface area contributed by atoms with Crippen LogP contribution >= 0.6 is 0 Å². The molecule has 18 heavy (non-hydrogen) atoms. The van der Waals surface area contributed by atoms with Crippen LogP contribution in [0.4, 0.5) is 0 Å². The minimum atomic E-state index is 0.338. The van der Waals surface area contributed by atoms with Crippen molar-refractivity contribution in [1.29, 1.82) is 0 Å². The molecule has 0 aliphatic carbocycles. The van der Waals surface area contributed by atoms with Crippen LogP contribution in [0.25, 0.3) is 0 Å². The molecule has 0 aromatic heterocycles. The van der Waals surface area contributed by atoms with E-state index in [4.69, 9.17) is 0 Å². The molecule has 0 bridgehead atoms. The van der Waals surface area contributed by atoms with Gasteiger partial charge in [0.05, 0.1) is 0 Å². The third-order valence-corrected chi connectivity index (χ3v) is 4.49. The molecular weight excluding hydrogens is 220 g/mol. The van der Waals surface area contributed by atoms with Gasteiger partial charge in [0.15, 0.2) is 0 Å². The van der Waals surface area contributed by atoms with E-state index in [0.717, 1.165) is 6.54 Å². The second-order valence-corrected chi connectivity index (χ2v) is 6.17. The van der Waals surface area contributed by atoms with Crippen LogP contribution in [0.15, 0.2) is 24.3 Å². The van der Waals surface area contributed by atoms with Gasteiger partial charge in [-0.3, -0.25) is 4.90 Å². The Morgan fingerprint density at radius 2 is 2.06 bits per heavy atom. The van der Waals surface area contributed by atoms with E-state index in [-0.39, 0.29) is 0 Å². The third-order valence-electron chi connectivity index (χ3n) is 4.49. The monoisotopic (exact) mass is 244 g/mol. The molecule has 2 aliphatic heterocycles. The molecule has 0 spiro atoms. The lowest BCUT2D eigenvalue weighted by molar-refractivity contribution is 0.153. The molecule has 1 atom stereocenters. The molecular formula is C16H24N2. The average Bonchev–Trinajstić information content (AvgIpc) is 2.39. The maximum atomic E-state index is 3.73. The number of hydrogen-bond acceptors (Lipinski definition) is 2. The molecule has 0 amide bonds. The van der Waals surface area contributed by atoms with Crippen molar-refractivity contribution in [3.63, 3.8) is 0 Å². The third kappa shape index (κ3) is 2.60. The summed E-state index contributed by atoms with van der Waals surface area (Å²) < 4.78 is 0. The molecule has 1 aromatic rings. The summed E-state index contributed by atoms with van der Waals surface area (Å²) in [5, 5.41) is 3.73. The van der Waals surface area contributed by atoms with Crippen LogP contribution in [-0.2, 0) is 13.0 Å². The van der Waals surface area contributed by atoms with Crippen LogP contribution < -0.4 is 5.32 Å². The van der Waals surface area contributed by atoms with Crippen molar-refractivity contribution in [3.05, 3.63) is 35.4 Å². The van der Waals surface area contributed by atoms with Gasteiger partial charge in [0, 0.05) is 25.2 Å². The van der Waals surface area contributed by atoms with E-state index in [1.54, 1.807) is 5.56 Å². The highest BCUT2D eigenvalue weighted by Crippen LogP contribution is 2.24. The number of piperidine rings is 1. The zero-order chi connectivity index (χ0) is 12.4. The van der Waals surface area contributed by atoms with E-state index in [0.29, 0.717) is 5.54 Å². The van der Waals surface area contributed by atoms with Crippen molar-refractivity contribution < 1.29 is 0 Å². The maximum Gasteiger partial charge on any atom is 0.0280 e. The van der Waals surface area contributed by atoms with Crippen molar-refractivity contribution in [2.75, 3.05) is 19.6 Å². The second-order valence-electron chi connectivity index (χ2n) is 6.17. The minimum absolute atomic E-state index is 0.338. The van der Waals surface area contributed by atoms with E-state index >= 15 is 0 Å². The van der Waals surface area contributed by atoms with Gasteiger partial charge in [-0.2, -0.15) is 0 Å². The zero-order valence-corrected chi connectivity index (χ0v) is 11.4. The maximum absolute atomic E-state index is 3.73. The van der Waals surface area contributed by atoms with E-state index in [2.05, 4.69) is 41.4 Å². The van der Waals surface area contributed by atoms with Crippen LogP contribution in [0.5, 0.6) is 0 Å². The Labute approximate surface area is 110 Å². The van der Waals surface area contributed by atoms with Gasteiger partial charge in [0.25, 0.3) is 0 Å². The molecule has 1 unspecified atom stereocenters. The van der Waals surface area contributed by atoms with Crippen LogP contribution in [0.2, 0.25) is 0 Å². The quantitative estimate of drug-likeness (QED) is 0.860. The molecule has 2 heterocycles. The van der Waals surface area contributed by atoms with Gasteiger partial charge in [-0.1, -0.05) is 30.7 Å². The summed E-state index contributed by atoms with van der Waals surface area (Å²) in [6.07, 6.45) is 5.27. The minimum Gasteiger partial charge on any atom is -0.310 e. The van der Waals surface area contributed by atoms with Gasteiger partial charge in [0.2, 0.25) is 0 Å². The Hall–Kier alpha value is -0.860.